The van der Waals surface area contributed by atoms with Gasteiger partial charge >= 0.3 is 0 Å². The molecular formula is C55H68N10O10S2. The van der Waals surface area contributed by atoms with Gasteiger partial charge in [0.25, 0.3) is 0 Å². The summed E-state index contributed by atoms with van der Waals surface area (Å²) in [5.74, 6) is -0.725. The van der Waals surface area contributed by atoms with Gasteiger partial charge in [0.1, 0.15) is 12.1 Å². The van der Waals surface area contributed by atoms with Crippen LogP contribution in [0.15, 0.2) is 101 Å². The Kier molecular flexibility index (Phi) is 18.7. The van der Waals surface area contributed by atoms with Crippen molar-refractivity contribution < 1.29 is 46.9 Å². The van der Waals surface area contributed by atoms with Crippen LogP contribution in [0.1, 0.15) is 51.3 Å². The van der Waals surface area contributed by atoms with Gasteiger partial charge in [0.15, 0.2) is 15.5 Å². The van der Waals surface area contributed by atoms with Crippen molar-refractivity contribution in [2.75, 3.05) is 88.8 Å². The first-order valence-electron chi connectivity index (χ1n) is 25.8. The first kappa shape index (κ1) is 56.4. The number of anilines is 3. The van der Waals surface area contributed by atoms with E-state index in [1.807, 2.05) is 105 Å². The van der Waals surface area contributed by atoms with Gasteiger partial charge < -0.3 is 50.0 Å². The minimum absolute atomic E-state index is 0.00836. The monoisotopic (exact) mass is 1090 g/mol. The number of amides is 4. The number of ether oxygens (including phenoxy) is 3. The number of fused-ring (bicyclic) bond motifs is 1. The number of sulfone groups is 1. The zero-order valence-electron chi connectivity index (χ0n) is 44.1. The minimum atomic E-state index is -3.31. The maximum Gasteiger partial charge on any atom is 0.247 e. The van der Waals surface area contributed by atoms with Gasteiger partial charge in [-0.3, -0.25) is 19.2 Å². The molecule has 0 saturated carbocycles. The van der Waals surface area contributed by atoms with Gasteiger partial charge in [-0.15, -0.1) is 16.4 Å². The summed E-state index contributed by atoms with van der Waals surface area (Å²) in [5.41, 5.74) is 8.09. The molecule has 4 amide bonds. The number of aliphatic hydroxyl groups excluding tert-OH is 1. The van der Waals surface area contributed by atoms with Crippen LogP contribution in [0, 0.1) is 12.3 Å². The van der Waals surface area contributed by atoms with Crippen LogP contribution in [-0.2, 0) is 49.8 Å². The molecule has 410 valence electrons. The predicted octanol–water partition coefficient (Wildman–Crippen LogP) is 5.26. The fourth-order valence-electron chi connectivity index (χ4n) is 9.19. The molecule has 0 unspecified atom stereocenters. The fraction of sp³-hybridized carbons (Fsp3) is 0.436. The second-order valence-corrected chi connectivity index (χ2v) is 23.1. The van der Waals surface area contributed by atoms with Gasteiger partial charge in [-0.25, -0.2) is 17.9 Å². The molecule has 2 saturated heterocycles. The summed E-state index contributed by atoms with van der Waals surface area (Å²) < 4.78 is 42.5. The zero-order valence-corrected chi connectivity index (χ0v) is 45.8. The zero-order chi connectivity index (χ0) is 54.7. The van der Waals surface area contributed by atoms with E-state index in [0.29, 0.717) is 51.0 Å². The Bertz CT molecular complexity index is 3080. The topological polar surface area (TPSA) is 239 Å². The number of β-amino-alcohol motifs (C(OH)–C–C–N with tert-alkyl or cyclic N) is 1. The third-order valence-corrected chi connectivity index (χ3v) is 15.6. The molecule has 20 nitrogen and oxygen atoms in total. The lowest BCUT2D eigenvalue weighted by atomic mass is 9.85. The average molecular weight is 1090 g/mol. The van der Waals surface area contributed by atoms with E-state index in [1.54, 1.807) is 40.1 Å². The summed E-state index contributed by atoms with van der Waals surface area (Å²) in [4.78, 5) is 69.2. The standard InChI is InChI=1S/C55H68N10O10S2/c1-37-50(76-36-57-37)40-11-9-38(10-12-40)34-56-52(69)46-33-43(66)35-64(46)53(70)51(55(2,3)4)60-48(67)21-27-73-29-31-75-32-30-74-28-22-49(68)63-25-23-62(24-26-63)42-17-15-41(16-18-42)58-54-59-47-8-6-7-45(65(47)61-54)39-13-19-44(20-14-39)77(5,71)72/h6-20,36,43,46,51,66H,21-35H2,1-5H3,(H,56,69)(H,58,61)(H,60,67)/t43-,46+,51-/m1/s1. The molecule has 0 radical (unpaired) electrons. The Balaban J connectivity index is 0.668. The Morgan fingerprint density at radius 2 is 1.47 bits per heavy atom. The van der Waals surface area contributed by atoms with Crippen molar-refractivity contribution in [1.29, 1.82) is 0 Å². The number of rotatable bonds is 23. The van der Waals surface area contributed by atoms with Crippen LogP contribution in [0.5, 0.6) is 0 Å². The number of piperazine rings is 1. The number of carbonyl (C=O) groups is 4. The quantitative estimate of drug-likeness (QED) is 0.0599. The highest BCUT2D eigenvalue weighted by molar-refractivity contribution is 7.90. The van der Waals surface area contributed by atoms with Crippen molar-refractivity contribution in [2.24, 2.45) is 5.41 Å². The highest BCUT2D eigenvalue weighted by Crippen LogP contribution is 2.30. The molecule has 22 heteroatoms. The molecule has 3 atom stereocenters. The van der Waals surface area contributed by atoms with E-state index in [2.05, 4.69) is 35.9 Å². The fourth-order valence-corrected chi connectivity index (χ4v) is 10.6. The molecule has 4 N–H and O–H groups in total. The van der Waals surface area contributed by atoms with Crippen LogP contribution in [0.25, 0.3) is 27.3 Å². The molecule has 0 aliphatic carbocycles. The van der Waals surface area contributed by atoms with Crippen molar-refractivity contribution in [3.8, 4) is 21.7 Å². The molecule has 2 aliphatic heterocycles. The molecule has 5 heterocycles. The third kappa shape index (κ3) is 15.0. The minimum Gasteiger partial charge on any atom is -0.391 e. The predicted molar refractivity (Wildman–Crippen MR) is 293 cm³/mol. The van der Waals surface area contributed by atoms with E-state index in [0.717, 1.165) is 44.3 Å². The van der Waals surface area contributed by atoms with E-state index in [9.17, 15) is 32.7 Å². The summed E-state index contributed by atoms with van der Waals surface area (Å²) >= 11 is 1.57. The highest BCUT2D eigenvalue weighted by Gasteiger charge is 2.44. The average Bonchev–Trinajstić information content (AvgIpc) is 4.18. The molecular weight excluding hydrogens is 1020 g/mol. The second-order valence-electron chi connectivity index (χ2n) is 20.2. The van der Waals surface area contributed by atoms with E-state index >= 15 is 0 Å². The Labute approximate surface area is 453 Å². The van der Waals surface area contributed by atoms with Gasteiger partial charge in [0.05, 0.1) is 78.8 Å². The Morgan fingerprint density at radius 3 is 2.10 bits per heavy atom. The molecule has 0 spiro atoms. The molecule has 77 heavy (non-hydrogen) atoms. The largest absolute Gasteiger partial charge is 0.391 e. The number of aryl methyl sites for hydroxylation is 1. The van der Waals surface area contributed by atoms with Crippen LogP contribution in [0.3, 0.4) is 0 Å². The molecule has 8 rings (SSSR count). The number of benzene rings is 3. The highest BCUT2D eigenvalue weighted by atomic mass is 32.2. The van der Waals surface area contributed by atoms with E-state index in [-0.39, 0.29) is 81.4 Å². The maximum atomic E-state index is 14.0. The summed E-state index contributed by atoms with van der Waals surface area (Å²) in [5, 5.41) is 24.3. The van der Waals surface area contributed by atoms with Gasteiger partial charge in [-0.2, -0.15) is 4.98 Å². The molecule has 3 aromatic heterocycles. The molecule has 0 bridgehead atoms. The second kappa shape index (κ2) is 25.6. The summed E-state index contributed by atoms with van der Waals surface area (Å²) in [6.45, 7) is 11.8. The van der Waals surface area contributed by atoms with Crippen molar-refractivity contribution in [3.05, 3.63) is 108 Å². The van der Waals surface area contributed by atoms with Crippen molar-refractivity contribution in [1.82, 2.24) is 40.0 Å². The van der Waals surface area contributed by atoms with Crippen molar-refractivity contribution in [2.45, 2.75) is 76.6 Å². The summed E-state index contributed by atoms with van der Waals surface area (Å²) in [6.07, 6.45) is 0.679. The lowest BCUT2D eigenvalue weighted by Crippen LogP contribution is -2.57. The smallest absolute Gasteiger partial charge is 0.247 e. The third-order valence-electron chi connectivity index (χ3n) is 13.4. The molecule has 2 fully saturated rings. The SMILES string of the molecule is Cc1ncsc1-c1ccc(CNC(=O)[C@@H]2C[C@@H](O)CN2C(=O)[C@@H](NC(=O)CCOCCOCCOCCC(=O)N2CCN(c3ccc(Nc4nc5cccc(-c6ccc(S(C)(=O)=O)cc6)n5n4)cc3)CC2)C(C)(C)C)cc1. The summed E-state index contributed by atoms with van der Waals surface area (Å²) in [6, 6.07) is 26.3. The van der Waals surface area contributed by atoms with Crippen molar-refractivity contribution in [3.63, 3.8) is 0 Å². The van der Waals surface area contributed by atoms with E-state index in [1.165, 1.54) is 11.2 Å². The van der Waals surface area contributed by atoms with E-state index < -0.39 is 39.3 Å². The first-order valence-corrected chi connectivity index (χ1v) is 28.5. The van der Waals surface area contributed by atoms with Crippen molar-refractivity contribution >= 4 is 67.8 Å². The number of hydrogen-bond donors (Lipinski definition) is 4. The number of carbonyl (C=O) groups excluding carboxylic acids is 4. The van der Waals surface area contributed by atoms with Crippen LogP contribution in [0.2, 0.25) is 0 Å². The molecule has 3 aromatic carbocycles. The number of aromatic nitrogens is 4. The number of hydrogen-bond acceptors (Lipinski definition) is 16. The molecule has 2 aliphatic rings. The number of likely N-dealkylation sites (tertiary alicyclic amines) is 1. The lowest BCUT2D eigenvalue weighted by Gasteiger charge is -2.36. The van der Waals surface area contributed by atoms with E-state index in [4.69, 9.17) is 14.2 Å². The van der Waals surface area contributed by atoms with Gasteiger partial charge in [0.2, 0.25) is 29.6 Å². The number of pyridine rings is 1. The number of nitrogens with zero attached hydrogens (tertiary/aromatic N) is 7. The first-order chi connectivity index (χ1) is 36.9. The Morgan fingerprint density at radius 1 is 0.818 bits per heavy atom. The number of aliphatic hydroxyl groups is 1. The van der Waals surface area contributed by atoms with Crippen LogP contribution in [0.4, 0.5) is 17.3 Å². The Hall–Kier alpha value is -6.82. The summed E-state index contributed by atoms with van der Waals surface area (Å²) in [7, 11) is -3.31. The number of thiazole rings is 1. The van der Waals surface area contributed by atoms with Crippen LogP contribution in [-0.4, -0.2) is 163 Å². The van der Waals surface area contributed by atoms with Gasteiger partial charge in [0, 0.05) is 75.3 Å². The molecule has 6 aromatic rings. The van der Waals surface area contributed by atoms with Crippen LogP contribution < -0.4 is 20.9 Å². The lowest BCUT2D eigenvalue weighted by molar-refractivity contribution is -0.144. The van der Waals surface area contributed by atoms with Gasteiger partial charge in [-0.05, 0) is 72.0 Å². The van der Waals surface area contributed by atoms with Gasteiger partial charge in [-0.1, -0.05) is 63.2 Å². The van der Waals surface area contributed by atoms with Crippen LogP contribution >= 0.6 is 11.3 Å². The number of nitrogens with one attached hydrogen (secondary N) is 3. The normalized spacial score (nSPS) is 16.4. The maximum absolute atomic E-state index is 14.0.